The quantitative estimate of drug-likeness (QED) is 0.598. The average Bonchev–Trinajstić information content (AvgIpc) is 2.69. The zero-order chi connectivity index (χ0) is 10.6. The molecule has 1 N–H and O–H groups in total. The summed E-state index contributed by atoms with van der Waals surface area (Å²) in [4.78, 5) is 26.6. The second-order valence-electron chi connectivity index (χ2n) is 2.89. The fourth-order valence-corrected chi connectivity index (χ4v) is 1.20. The summed E-state index contributed by atoms with van der Waals surface area (Å²) in [5, 5.41) is 0. The van der Waals surface area contributed by atoms with Crippen molar-refractivity contribution < 1.29 is 9.59 Å². The Morgan fingerprint density at radius 3 is 2.79 bits per heavy atom. The summed E-state index contributed by atoms with van der Waals surface area (Å²) in [7, 11) is 1.55. The zero-order valence-electron chi connectivity index (χ0n) is 7.79. The molecule has 0 atom stereocenters. The largest absolute Gasteiger partial charge is 0.359 e. The van der Waals surface area contributed by atoms with E-state index in [1.54, 1.807) is 25.4 Å². The molecule has 0 radical (unpaired) electrons. The van der Waals surface area contributed by atoms with Crippen LogP contribution < -0.4 is 0 Å². The van der Waals surface area contributed by atoms with Crippen LogP contribution in [0, 0.1) is 0 Å². The topological polar surface area (TPSA) is 53.2 Å². The van der Waals surface area contributed by atoms with E-state index in [0.717, 1.165) is 0 Å². The number of nitrogens with one attached hydrogen (secondary N) is 1. The zero-order valence-corrected chi connectivity index (χ0v) is 8.54. The number of likely N-dealkylation sites (N-methyl/N-ethyl adjacent to an activating group) is 1. The lowest BCUT2D eigenvalue weighted by Crippen LogP contribution is -2.33. The number of alkyl halides is 1. The molecule has 1 aromatic heterocycles. The Balaban J connectivity index is 2.53. The number of aromatic nitrogens is 1. The van der Waals surface area contributed by atoms with Crippen molar-refractivity contribution in [3.63, 3.8) is 0 Å². The minimum Gasteiger partial charge on any atom is -0.359 e. The molecular weight excluding hydrogens is 204 g/mol. The van der Waals surface area contributed by atoms with E-state index in [1.807, 2.05) is 0 Å². The lowest BCUT2D eigenvalue weighted by atomic mass is 10.3. The molecule has 0 unspecified atom stereocenters. The van der Waals surface area contributed by atoms with E-state index < -0.39 is 0 Å². The molecule has 76 valence electrons. The van der Waals surface area contributed by atoms with Gasteiger partial charge < -0.3 is 9.88 Å². The summed E-state index contributed by atoms with van der Waals surface area (Å²) >= 11 is 5.34. The van der Waals surface area contributed by atoms with Crippen molar-refractivity contribution in [2.24, 2.45) is 0 Å². The normalized spacial score (nSPS) is 9.86. The molecule has 0 saturated carbocycles. The van der Waals surface area contributed by atoms with Crippen molar-refractivity contribution in [1.29, 1.82) is 0 Å². The van der Waals surface area contributed by atoms with Gasteiger partial charge >= 0.3 is 0 Å². The number of carbonyl (C=O) groups excluding carboxylic acids is 2. The summed E-state index contributed by atoms with van der Waals surface area (Å²) in [6, 6.07) is 3.40. The van der Waals surface area contributed by atoms with E-state index in [4.69, 9.17) is 11.6 Å². The molecule has 0 saturated heterocycles. The van der Waals surface area contributed by atoms with Gasteiger partial charge in [-0.3, -0.25) is 9.59 Å². The molecule has 0 aliphatic carbocycles. The average molecular weight is 215 g/mol. The molecule has 1 amide bonds. The summed E-state index contributed by atoms with van der Waals surface area (Å²) in [5.74, 6) is -0.489. The van der Waals surface area contributed by atoms with Gasteiger partial charge in [-0.1, -0.05) is 0 Å². The SMILES string of the molecule is CN(CC(=O)c1ccc[nH]1)C(=O)CCl. The van der Waals surface area contributed by atoms with E-state index in [0.29, 0.717) is 5.69 Å². The Labute approximate surface area is 86.9 Å². The standard InChI is InChI=1S/C9H11ClN2O2/c1-12(9(14)5-10)6-8(13)7-3-2-4-11-7/h2-4,11H,5-6H2,1H3. The smallest absolute Gasteiger partial charge is 0.237 e. The van der Waals surface area contributed by atoms with Gasteiger partial charge in [0.05, 0.1) is 12.2 Å². The number of ketones is 1. The Kier molecular flexibility index (Phi) is 3.71. The highest BCUT2D eigenvalue weighted by Gasteiger charge is 2.13. The van der Waals surface area contributed by atoms with Crippen LogP contribution in [0.2, 0.25) is 0 Å². The fourth-order valence-electron chi connectivity index (χ4n) is 0.995. The molecule has 0 aromatic carbocycles. The first-order valence-corrected chi connectivity index (χ1v) is 4.65. The van der Waals surface area contributed by atoms with Crippen molar-refractivity contribution in [2.45, 2.75) is 0 Å². The van der Waals surface area contributed by atoms with E-state index in [-0.39, 0.29) is 24.1 Å². The second-order valence-corrected chi connectivity index (χ2v) is 3.16. The Morgan fingerprint density at radius 1 is 1.57 bits per heavy atom. The fraction of sp³-hybridized carbons (Fsp3) is 0.333. The van der Waals surface area contributed by atoms with E-state index in [1.165, 1.54) is 4.90 Å². The molecule has 4 nitrogen and oxygen atoms in total. The van der Waals surface area contributed by atoms with Crippen molar-refractivity contribution in [1.82, 2.24) is 9.88 Å². The number of rotatable bonds is 4. The predicted octanol–water partition coefficient (Wildman–Crippen LogP) is 0.895. The molecule has 1 heterocycles. The van der Waals surface area contributed by atoms with Gasteiger partial charge in [-0.2, -0.15) is 0 Å². The van der Waals surface area contributed by atoms with Gasteiger partial charge in [0.25, 0.3) is 0 Å². The number of Topliss-reactive ketones (excluding diaryl/α,β-unsaturated/α-hetero) is 1. The molecule has 0 bridgehead atoms. The molecule has 14 heavy (non-hydrogen) atoms. The van der Waals surface area contributed by atoms with Crippen LogP contribution in [0.4, 0.5) is 0 Å². The number of hydrogen-bond donors (Lipinski definition) is 1. The molecule has 1 aromatic rings. The summed E-state index contributed by atoms with van der Waals surface area (Å²) in [6.45, 7) is 0.0477. The minimum absolute atomic E-state index is 0.0477. The first-order valence-electron chi connectivity index (χ1n) is 4.11. The van der Waals surface area contributed by atoms with Crippen LogP contribution in [0.5, 0.6) is 0 Å². The predicted molar refractivity (Wildman–Crippen MR) is 53.5 cm³/mol. The number of aromatic amines is 1. The van der Waals surface area contributed by atoms with E-state index in [2.05, 4.69) is 4.98 Å². The maximum atomic E-state index is 11.5. The lowest BCUT2D eigenvalue weighted by Gasteiger charge is -2.13. The number of nitrogens with zero attached hydrogens (tertiary/aromatic N) is 1. The van der Waals surface area contributed by atoms with Crippen LogP contribution in [0.1, 0.15) is 10.5 Å². The summed E-state index contributed by atoms with van der Waals surface area (Å²) in [6.07, 6.45) is 1.66. The van der Waals surface area contributed by atoms with Gasteiger partial charge in [0.15, 0.2) is 5.78 Å². The number of H-pyrrole nitrogens is 1. The van der Waals surface area contributed by atoms with E-state index in [9.17, 15) is 9.59 Å². The van der Waals surface area contributed by atoms with Gasteiger partial charge in [0, 0.05) is 13.2 Å². The maximum Gasteiger partial charge on any atom is 0.237 e. The second kappa shape index (κ2) is 4.81. The monoisotopic (exact) mass is 214 g/mol. The first-order chi connectivity index (χ1) is 6.65. The van der Waals surface area contributed by atoms with Crippen LogP contribution in [0.15, 0.2) is 18.3 Å². The van der Waals surface area contributed by atoms with Crippen molar-refractivity contribution in [2.75, 3.05) is 19.5 Å². The third-order valence-corrected chi connectivity index (χ3v) is 2.05. The van der Waals surface area contributed by atoms with Crippen LogP contribution in [0.3, 0.4) is 0 Å². The minimum atomic E-state index is -0.258. The molecule has 5 heteroatoms. The molecule has 0 fully saturated rings. The Morgan fingerprint density at radius 2 is 2.29 bits per heavy atom. The van der Waals surface area contributed by atoms with Crippen LogP contribution >= 0.6 is 11.6 Å². The van der Waals surface area contributed by atoms with Gasteiger partial charge in [0.1, 0.15) is 5.88 Å². The summed E-state index contributed by atoms with van der Waals surface area (Å²) < 4.78 is 0. The van der Waals surface area contributed by atoms with Crippen LogP contribution in [-0.2, 0) is 4.79 Å². The Bertz CT molecular complexity index is 322. The molecular formula is C9H11ClN2O2. The van der Waals surface area contributed by atoms with Gasteiger partial charge in [-0.25, -0.2) is 0 Å². The summed E-state index contributed by atoms with van der Waals surface area (Å²) in [5.41, 5.74) is 0.499. The third-order valence-electron chi connectivity index (χ3n) is 1.82. The maximum absolute atomic E-state index is 11.5. The molecule has 1 rings (SSSR count). The third kappa shape index (κ3) is 2.60. The van der Waals surface area contributed by atoms with Crippen molar-refractivity contribution >= 4 is 23.3 Å². The first kappa shape index (κ1) is 10.8. The number of halogens is 1. The highest BCUT2D eigenvalue weighted by atomic mass is 35.5. The van der Waals surface area contributed by atoms with Crippen molar-refractivity contribution in [3.8, 4) is 0 Å². The molecule has 0 aliphatic rings. The highest BCUT2D eigenvalue weighted by Crippen LogP contribution is 1.98. The van der Waals surface area contributed by atoms with Gasteiger partial charge in [-0.15, -0.1) is 11.6 Å². The van der Waals surface area contributed by atoms with Gasteiger partial charge in [0.2, 0.25) is 5.91 Å². The highest BCUT2D eigenvalue weighted by molar-refractivity contribution is 6.27. The molecule has 0 spiro atoms. The lowest BCUT2D eigenvalue weighted by molar-refractivity contribution is -0.126. The number of amides is 1. The van der Waals surface area contributed by atoms with E-state index >= 15 is 0 Å². The van der Waals surface area contributed by atoms with Crippen LogP contribution in [0.25, 0.3) is 0 Å². The Hall–Kier alpha value is -1.29. The van der Waals surface area contributed by atoms with Gasteiger partial charge in [-0.05, 0) is 12.1 Å². The van der Waals surface area contributed by atoms with Crippen LogP contribution in [-0.4, -0.2) is 41.0 Å². The number of carbonyl (C=O) groups is 2. The number of hydrogen-bond acceptors (Lipinski definition) is 2. The van der Waals surface area contributed by atoms with Crippen molar-refractivity contribution in [3.05, 3.63) is 24.0 Å². The molecule has 0 aliphatic heterocycles.